The van der Waals surface area contributed by atoms with E-state index in [9.17, 15) is 4.79 Å². The molecule has 0 aliphatic heterocycles. The maximum Gasteiger partial charge on any atom is 0.352 e. The maximum absolute atomic E-state index is 12.3. The van der Waals surface area contributed by atoms with Gasteiger partial charge in [0.2, 0.25) is 0 Å². The SMILES string of the molecule is CON=C(c1ccc(Cl)cc1)c1ccc(OCc2c(C)cccc2N(N)C(=O)N(C)N)c(C)c1. The van der Waals surface area contributed by atoms with E-state index in [0.717, 1.165) is 37.8 Å². The fraction of sp³-hybridized carbons (Fsp3) is 0.200. The lowest BCUT2D eigenvalue weighted by molar-refractivity contribution is 0.214. The molecule has 0 aromatic heterocycles. The molecule has 2 amide bonds. The fourth-order valence-electron chi connectivity index (χ4n) is 3.45. The monoisotopic (exact) mass is 481 g/mol. The van der Waals surface area contributed by atoms with Gasteiger partial charge in [0.15, 0.2) is 0 Å². The molecule has 9 heteroatoms. The van der Waals surface area contributed by atoms with Crippen LogP contribution in [0.3, 0.4) is 0 Å². The molecule has 0 atom stereocenters. The molecule has 0 saturated heterocycles. The van der Waals surface area contributed by atoms with E-state index in [4.69, 9.17) is 32.9 Å². The number of halogens is 1. The number of nitrogens with zero attached hydrogens (tertiary/aromatic N) is 3. The van der Waals surface area contributed by atoms with Gasteiger partial charge in [0, 0.05) is 28.8 Å². The number of carbonyl (C=O) groups excluding carboxylic acids is 1. The first kappa shape index (κ1) is 25.0. The van der Waals surface area contributed by atoms with Gasteiger partial charge in [-0.2, -0.15) is 0 Å². The molecule has 8 nitrogen and oxygen atoms in total. The third-order valence-electron chi connectivity index (χ3n) is 5.27. The van der Waals surface area contributed by atoms with E-state index in [0.29, 0.717) is 22.2 Å². The van der Waals surface area contributed by atoms with Gasteiger partial charge in [0.05, 0.1) is 5.69 Å². The average Bonchev–Trinajstić information content (AvgIpc) is 2.82. The topological polar surface area (TPSA) is 106 Å². The zero-order valence-electron chi connectivity index (χ0n) is 19.6. The largest absolute Gasteiger partial charge is 0.489 e. The molecule has 4 N–H and O–H groups in total. The standard InChI is InChI=1S/C25H28ClN5O3/c1-16-6-5-7-22(31(28)25(32)30(3)27)21(16)15-34-23-13-10-19(14-17(23)2)24(29-33-4)18-8-11-20(26)12-9-18/h5-14H,15,27-28H2,1-4H3. The van der Waals surface area contributed by atoms with E-state index in [2.05, 4.69) is 5.16 Å². The molecule has 0 saturated carbocycles. The van der Waals surface area contributed by atoms with Gasteiger partial charge < -0.3 is 9.57 Å². The van der Waals surface area contributed by atoms with Crippen molar-refractivity contribution in [2.75, 3.05) is 19.2 Å². The fourth-order valence-corrected chi connectivity index (χ4v) is 3.58. The summed E-state index contributed by atoms with van der Waals surface area (Å²) in [6, 6.07) is 18.1. The van der Waals surface area contributed by atoms with Crippen molar-refractivity contribution >= 4 is 29.0 Å². The minimum atomic E-state index is -0.542. The smallest absolute Gasteiger partial charge is 0.352 e. The summed E-state index contributed by atoms with van der Waals surface area (Å²) in [6.07, 6.45) is 0. The van der Waals surface area contributed by atoms with E-state index in [-0.39, 0.29) is 6.61 Å². The second-order valence-corrected chi connectivity index (χ2v) is 8.17. The van der Waals surface area contributed by atoms with Crippen LogP contribution in [0.1, 0.15) is 27.8 Å². The summed E-state index contributed by atoms with van der Waals surface area (Å²) in [6.45, 7) is 4.10. The quantitative estimate of drug-likeness (QED) is 0.223. The minimum absolute atomic E-state index is 0.216. The first-order valence-electron chi connectivity index (χ1n) is 10.5. The minimum Gasteiger partial charge on any atom is -0.489 e. The highest BCUT2D eigenvalue weighted by atomic mass is 35.5. The van der Waals surface area contributed by atoms with Crippen LogP contribution in [0.4, 0.5) is 10.5 Å². The van der Waals surface area contributed by atoms with Crippen molar-refractivity contribution < 1.29 is 14.4 Å². The number of anilines is 1. The summed E-state index contributed by atoms with van der Waals surface area (Å²) in [5.74, 6) is 12.3. The summed E-state index contributed by atoms with van der Waals surface area (Å²) in [5, 5.41) is 6.79. The van der Waals surface area contributed by atoms with Gasteiger partial charge in [-0.05, 0) is 61.4 Å². The number of rotatable bonds is 7. The number of aryl methyl sites for hydroxylation is 2. The second-order valence-electron chi connectivity index (χ2n) is 7.73. The van der Waals surface area contributed by atoms with E-state index < -0.39 is 6.03 Å². The van der Waals surface area contributed by atoms with Crippen molar-refractivity contribution in [1.82, 2.24) is 5.01 Å². The Morgan fingerprint density at radius 3 is 2.29 bits per heavy atom. The van der Waals surface area contributed by atoms with Gasteiger partial charge in [0.1, 0.15) is 25.2 Å². The Morgan fingerprint density at radius 2 is 1.68 bits per heavy atom. The molecule has 3 rings (SSSR count). The zero-order valence-corrected chi connectivity index (χ0v) is 20.3. The maximum atomic E-state index is 12.3. The predicted octanol–water partition coefficient (Wildman–Crippen LogP) is 4.54. The Morgan fingerprint density at radius 1 is 1.00 bits per heavy atom. The lowest BCUT2D eigenvalue weighted by Gasteiger charge is -2.24. The molecule has 0 heterocycles. The van der Waals surface area contributed by atoms with Gasteiger partial charge >= 0.3 is 6.03 Å². The van der Waals surface area contributed by atoms with Gasteiger partial charge in [0.25, 0.3) is 0 Å². The van der Waals surface area contributed by atoms with Crippen LogP contribution in [0.15, 0.2) is 65.8 Å². The summed E-state index contributed by atoms with van der Waals surface area (Å²) < 4.78 is 6.12. The highest BCUT2D eigenvalue weighted by molar-refractivity contribution is 6.30. The molecule has 0 unspecified atom stereocenters. The predicted molar refractivity (Wildman–Crippen MR) is 135 cm³/mol. The first-order chi connectivity index (χ1) is 16.2. The average molecular weight is 482 g/mol. The van der Waals surface area contributed by atoms with Crippen LogP contribution >= 0.6 is 11.6 Å². The van der Waals surface area contributed by atoms with Gasteiger partial charge in [-0.25, -0.2) is 21.5 Å². The zero-order chi connectivity index (χ0) is 24.8. The number of hydrogen-bond acceptors (Lipinski definition) is 6. The van der Waals surface area contributed by atoms with E-state index in [1.165, 1.54) is 14.2 Å². The molecule has 3 aromatic rings. The molecular formula is C25H28ClN5O3. The number of oxime groups is 1. The van der Waals surface area contributed by atoms with Gasteiger partial charge in [-0.1, -0.05) is 41.0 Å². The Kier molecular flexibility index (Phi) is 8.12. The normalized spacial score (nSPS) is 11.2. The van der Waals surface area contributed by atoms with Gasteiger partial charge in [-0.3, -0.25) is 5.01 Å². The number of amides is 2. The number of hydrogen-bond donors (Lipinski definition) is 2. The molecule has 178 valence electrons. The number of hydrazine groups is 2. The van der Waals surface area contributed by atoms with Crippen LogP contribution in [-0.2, 0) is 11.4 Å². The number of carbonyl (C=O) groups is 1. The summed E-state index contributed by atoms with van der Waals surface area (Å²) in [5.41, 5.74) is 5.58. The van der Waals surface area contributed by atoms with Crippen LogP contribution in [0.5, 0.6) is 5.75 Å². The number of nitrogens with two attached hydrogens (primary N) is 2. The molecule has 34 heavy (non-hydrogen) atoms. The Labute approximate surface area is 204 Å². The second kappa shape index (κ2) is 11.0. The van der Waals surface area contributed by atoms with Crippen molar-refractivity contribution in [3.8, 4) is 5.75 Å². The van der Waals surface area contributed by atoms with Crippen LogP contribution in [0.25, 0.3) is 0 Å². The van der Waals surface area contributed by atoms with Crippen LogP contribution in [-0.4, -0.2) is 30.9 Å². The van der Waals surface area contributed by atoms with Crippen LogP contribution in [0.2, 0.25) is 5.02 Å². The van der Waals surface area contributed by atoms with Crippen molar-refractivity contribution in [3.05, 3.63) is 93.5 Å². The van der Waals surface area contributed by atoms with Crippen molar-refractivity contribution in [1.29, 1.82) is 0 Å². The third-order valence-corrected chi connectivity index (χ3v) is 5.53. The summed E-state index contributed by atoms with van der Waals surface area (Å²) >= 11 is 6.02. The Balaban J connectivity index is 1.86. The molecule has 0 radical (unpaired) electrons. The van der Waals surface area contributed by atoms with Crippen molar-refractivity contribution in [2.24, 2.45) is 16.8 Å². The van der Waals surface area contributed by atoms with E-state index in [1.807, 2.05) is 56.3 Å². The highest BCUT2D eigenvalue weighted by Gasteiger charge is 2.19. The van der Waals surface area contributed by atoms with E-state index in [1.54, 1.807) is 18.2 Å². The molecule has 0 spiro atoms. The number of ether oxygens (including phenoxy) is 1. The molecule has 0 aliphatic rings. The lowest BCUT2D eigenvalue weighted by Crippen LogP contribution is -2.49. The number of urea groups is 1. The van der Waals surface area contributed by atoms with Crippen molar-refractivity contribution in [3.63, 3.8) is 0 Å². The first-order valence-corrected chi connectivity index (χ1v) is 10.9. The molecule has 0 fully saturated rings. The van der Waals surface area contributed by atoms with Crippen LogP contribution in [0, 0.1) is 13.8 Å². The van der Waals surface area contributed by atoms with Crippen LogP contribution < -0.4 is 21.4 Å². The third kappa shape index (κ3) is 5.66. The lowest BCUT2D eigenvalue weighted by atomic mass is 10.0. The Bertz CT molecular complexity index is 1200. The highest BCUT2D eigenvalue weighted by Crippen LogP contribution is 2.27. The summed E-state index contributed by atoms with van der Waals surface area (Å²) in [4.78, 5) is 17.3. The summed E-state index contributed by atoms with van der Waals surface area (Å²) in [7, 11) is 2.94. The van der Waals surface area contributed by atoms with E-state index >= 15 is 0 Å². The molecule has 3 aromatic carbocycles. The Hall–Kier alpha value is -3.59. The molecular weight excluding hydrogens is 454 g/mol. The van der Waals surface area contributed by atoms with Crippen molar-refractivity contribution in [2.45, 2.75) is 20.5 Å². The molecule has 0 aliphatic carbocycles. The van der Waals surface area contributed by atoms with Gasteiger partial charge in [-0.15, -0.1) is 0 Å². The molecule has 0 bridgehead atoms. The number of benzene rings is 3.